The topological polar surface area (TPSA) is 81.4 Å². The first kappa shape index (κ1) is 20.8. The minimum Gasteiger partial charge on any atom is -0.381 e. The second kappa shape index (κ2) is 7.49. The molecule has 0 saturated carbocycles. The van der Waals surface area contributed by atoms with Crippen molar-refractivity contribution in [2.24, 2.45) is 0 Å². The standard InChI is InChI=1S/C18H21F3N2O4S/c1-12-16(13(2)27-23-12)28(24,25)22-11-17(6-8-26-9-7-17)14-4-3-5-15(10-14)18(19,20)21/h3-5,10,22H,6-9,11H2,1-2H3. The van der Waals surface area contributed by atoms with Crippen LogP contribution in [0.1, 0.15) is 35.4 Å². The summed E-state index contributed by atoms with van der Waals surface area (Å²) in [6, 6.07) is 5.04. The van der Waals surface area contributed by atoms with Gasteiger partial charge in [0.2, 0.25) is 10.0 Å². The highest BCUT2D eigenvalue weighted by molar-refractivity contribution is 7.89. The summed E-state index contributed by atoms with van der Waals surface area (Å²) in [4.78, 5) is -0.0428. The van der Waals surface area contributed by atoms with E-state index >= 15 is 0 Å². The van der Waals surface area contributed by atoms with Crippen molar-refractivity contribution in [1.29, 1.82) is 0 Å². The summed E-state index contributed by atoms with van der Waals surface area (Å²) >= 11 is 0. The third kappa shape index (κ3) is 4.08. The zero-order chi connectivity index (χ0) is 20.6. The Kier molecular flexibility index (Phi) is 5.57. The second-order valence-electron chi connectivity index (χ2n) is 6.95. The molecule has 0 bridgehead atoms. The molecule has 1 aliphatic heterocycles. The van der Waals surface area contributed by atoms with E-state index in [0.717, 1.165) is 12.1 Å². The van der Waals surface area contributed by atoms with E-state index in [1.807, 2.05) is 0 Å². The number of benzene rings is 1. The fourth-order valence-corrected chi connectivity index (χ4v) is 4.97. The van der Waals surface area contributed by atoms with Crippen molar-refractivity contribution in [2.75, 3.05) is 19.8 Å². The molecule has 28 heavy (non-hydrogen) atoms. The molecule has 1 saturated heterocycles. The van der Waals surface area contributed by atoms with Crippen LogP contribution in [0, 0.1) is 13.8 Å². The molecular formula is C18H21F3N2O4S. The molecule has 1 aromatic heterocycles. The summed E-state index contributed by atoms with van der Waals surface area (Å²) in [5, 5.41) is 3.65. The summed E-state index contributed by atoms with van der Waals surface area (Å²) in [7, 11) is -3.93. The fourth-order valence-electron chi connectivity index (χ4n) is 3.52. The van der Waals surface area contributed by atoms with Gasteiger partial charge in [-0.25, -0.2) is 13.1 Å². The molecule has 1 fully saturated rings. The van der Waals surface area contributed by atoms with E-state index in [-0.39, 0.29) is 22.9 Å². The number of halogens is 3. The number of aryl methyl sites for hydroxylation is 2. The van der Waals surface area contributed by atoms with Gasteiger partial charge in [-0.1, -0.05) is 23.4 Å². The van der Waals surface area contributed by atoms with Gasteiger partial charge < -0.3 is 9.26 Å². The number of nitrogens with one attached hydrogen (secondary N) is 1. The van der Waals surface area contributed by atoms with Gasteiger partial charge in [0.05, 0.1) is 5.56 Å². The van der Waals surface area contributed by atoms with Crippen molar-refractivity contribution < 1.29 is 30.8 Å². The molecule has 0 amide bonds. The van der Waals surface area contributed by atoms with Crippen molar-refractivity contribution in [2.45, 2.75) is 43.2 Å². The van der Waals surface area contributed by atoms with Crippen LogP contribution in [-0.4, -0.2) is 33.3 Å². The third-order valence-electron chi connectivity index (χ3n) is 5.09. The van der Waals surface area contributed by atoms with Crippen LogP contribution in [0.5, 0.6) is 0 Å². The number of sulfonamides is 1. The Hall–Kier alpha value is -1.91. The van der Waals surface area contributed by atoms with E-state index < -0.39 is 27.2 Å². The predicted octanol–water partition coefficient (Wildman–Crippen LogP) is 3.34. The third-order valence-corrected chi connectivity index (χ3v) is 6.73. The zero-order valence-electron chi connectivity index (χ0n) is 15.5. The minimum atomic E-state index is -4.47. The monoisotopic (exact) mass is 418 g/mol. The van der Waals surface area contributed by atoms with Gasteiger partial charge in [-0.2, -0.15) is 13.2 Å². The highest BCUT2D eigenvalue weighted by Crippen LogP contribution is 2.38. The summed E-state index contributed by atoms with van der Waals surface area (Å²) < 4.78 is 77.8. The van der Waals surface area contributed by atoms with Crippen LogP contribution in [0.15, 0.2) is 33.7 Å². The van der Waals surface area contributed by atoms with E-state index in [1.165, 1.54) is 19.9 Å². The second-order valence-corrected chi connectivity index (χ2v) is 8.65. The lowest BCUT2D eigenvalue weighted by Gasteiger charge is -2.38. The molecule has 154 valence electrons. The molecular weight excluding hydrogens is 397 g/mol. The summed E-state index contributed by atoms with van der Waals surface area (Å²) in [5.41, 5.74) is -0.896. The predicted molar refractivity (Wildman–Crippen MR) is 94.3 cm³/mol. The number of rotatable bonds is 5. The minimum absolute atomic E-state index is 0.0428. The lowest BCUT2D eigenvalue weighted by Crippen LogP contribution is -2.44. The number of alkyl halides is 3. The fraction of sp³-hybridized carbons (Fsp3) is 0.500. The summed E-state index contributed by atoms with van der Waals surface area (Å²) in [5.74, 6) is 0.157. The van der Waals surface area contributed by atoms with Crippen LogP contribution >= 0.6 is 0 Å². The molecule has 2 heterocycles. The van der Waals surface area contributed by atoms with Crippen molar-refractivity contribution in [3.63, 3.8) is 0 Å². The number of hydrogen-bond acceptors (Lipinski definition) is 5. The van der Waals surface area contributed by atoms with Crippen LogP contribution in [0.2, 0.25) is 0 Å². The van der Waals surface area contributed by atoms with Crippen LogP contribution in [0.3, 0.4) is 0 Å². The first-order valence-electron chi connectivity index (χ1n) is 8.73. The molecule has 1 aliphatic rings. The van der Waals surface area contributed by atoms with Gasteiger partial charge >= 0.3 is 6.18 Å². The highest BCUT2D eigenvalue weighted by Gasteiger charge is 2.39. The quantitative estimate of drug-likeness (QED) is 0.806. The van der Waals surface area contributed by atoms with E-state index in [2.05, 4.69) is 9.88 Å². The first-order valence-corrected chi connectivity index (χ1v) is 10.2. The van der Waals surface area contributed by atoms with Crippen LogP contribution in [-0.2, 0) is 26.4 Å². The maximum atomic E-state index is 13.2. The maximum absolute atomic E-state index is 13.2. The highest BCUT2D eigenvalue weighted by atomic mass is 32.2. The van der Waals surface area contributed by atoms with Crippen molar-refractivity contribution in [3.05, 3.63) is 46.8 Å². The largest absolute Gasteiger partial charge is 0.416 e. The number of nitrogens with zero attached hydrogens (tertiary/aromatic N) is 1. The van der Waals surface area contributed by atoms with Gasteiger partial charge in [0.15, 0.2) is 5.76 Å². The van der Waals surface area contributed by atoms with Crippen LogP contribution in [0.25, 0.3) is 0 Å². The Morgan fingerprint density at radius 1 is 1.21 bits per heavy atom. The average molecular weight is 418 g/mol. The molecule has 0 unspecified atom stereocenters. The lowest BCUT2D eigenvalue weighted by molar-refractivity contribution is -0.137. The molecule has 10 heteroatoms. The van der Waals surface area contributed by atoms with E-state index in [4.69, 9.17) is 9.26 Å². The molecule has 1 aromatic carbocycles. The van der Waals surface area contributed by atoms with Crippen molar-refractivity contribution in [1.82, 2.24) is 9.88 Å². The Balaban J connectivity index is 1.93. The smallest absolute Gasteiger partial charge is 0.381 e. The molecule has 0 atom stereocenters. The molecule has 3 rings (SSSR count). The normalized spacial score (nSPS) is 17.6. The van der Waals surface area contributed by atoms with Crippen LogP contribution < -0.4 is 4.72 Å². The van der Waals surface area contributed by atoms with E-state index in [1.54, 1.807) is 6.07 Å². The molecule has 2 aromatic rings. The number of hydrogen-bond donors (Lipinski definition) is 1. The van der Waals surface area contributed by atoms with Crippen molar-refractivity contribution >= 4 is 10.0 Å². The van der Waals surface area contributed by atoms with Crippen LogP contribution in [0.4, 0.5) is 13.2 Å². The molecule has 0 spiro atoms. The number of aromatic nitrogens is 1. The molecule has 1 N–H and O–H groups in total. The van der Waals surface area contributed by atoms with Gasteiger partial charge in [-0.3, -0.25) is 0 Å². The lowest BCUT2D eigenvalue weighted by atomic mass is 9.74. The maximum Gasteiger partial charge on any atom is 0.416 e. The van der Waals surface area contributed by atoms with Gasteiger partial charge in [-0.15, -0.1) is 0 Å². The Labute approximate surface area is 161 Å². The van der Waals surface area contributed by atoms with Gasteiger partial charge in [0.25, 0.3) is 0 Å². The Morgan fingerprint density at radius 3 is 2.46 bits per heavy atom. The van der Waals surface area contributed by atoms with Crippen molar-refractivity contribution in [3.8, 4) is 0 Å². The Morgan fingerprint density at radius 2 is 1.89 bits per heavy atom. The van der Waals surface area contributed by atoms with E-state index in [0.29, 0.717) is 31.6 Å². The summed E-state index contributed by atoms with van der Waals surface area (Å²) in [6.45, 7) is 3.63. The molecule has 0 radical (unpaired) electrons. The Bertz CT molecular complexity index is 928. The van der Waals surface area contributed by atoms with Gasteiger partial charge in [-0.05, 0) is 38.3 Å². The summed E-state index contributed by atoms with van der Waals surface area (Å²) in [6.07, 6.45) is -3.67. The molecule has 0 aliphatic carbocycles. The zero-order valence-corrected chi connectivity index (χ0v) is 16.3. The van der Waals surface area contributed by atoms with Gasteiger partial charge in [0.1, 0.15) is 10.6 Å². The molecule has 6 nitrogen and oxygen atoms in total. The van der Waals surface area contributed by atoms with E-state index in [9.17, 15) is 21.6 Å². The van der Waals surface area contributed by atoms with Gasteiger partial charge in [0, 0.05) is 25.2 Å². The first-order chi connectivity index (χ1) is 13.1. The SMILES string of the molecule is Cc1noc(C)c1S(=O)(=O)NCC1(c2cccc(C(F)(F)F)c2)CCOCC1. The average Bonchev–Trinajstić information content (AvgIpc) is 2.99. The number of ether oxygens (including phenoxy) is 1.